The van der Waals surface area contributed by atoms with E-state index in [9.17, 15) is 17.6 Å². The maximum absolute atomic E-state index is 13.8. The first-order chi connectivity index (χ1) is 13.7. The lowest BCUT2D eigenvalue weighted by Crippen LogP contribution is -2.51. The Morgan fingerprint density at radius 1 is 1.17 bits per heavy atom. The topological polar surface area (TPSA) is 60.9 Å². The van der Waals surface area contributed by atoms with Crippen LogP contribution in [0, 0.1) is 19.7 Å². The first-order valence-electron chi connectivity index (χ1n) is 9.45. The highest BCUT2D eigenvalue weighted by Gasteiger charge is 2.31. The number of hydrogen-bond donors (Lipinski definition) is 0. The molecule has 0 aliphatic carbocycles. The number of sulfonamides is 1. The zero-order valence-corrected chi connectivity index (χ0v) is 18.5. The molecule has 29 heavy (non-hydrogen) atoms. The van der Waals surface area contributed by atoms with Crippen molar-refractivity contribution in [3.05, 3.63) is 51.5 Å². The molecule has 0 spiro atoms. The number of hydrogen-bond acceptors (Lipinski definition) is 5. The second kappa shape index (κ2) is 8.91. The van der Waals surface area contributed by atoms with E-state index in [-0.39, 0.29) is 24.8 Å². The Morgan fingerprint density at radius 3 is 2.41 bits per heavy atom. The van der Waals surface area contributed by atoms with Gasteiger partial charge in [-0.05, 0) is 26.0 Å². The molecule has 2 heterocycles. The van der Waals surface area contributed by atoms with Crippen LogP contribution >= 0.6 is 11.3 Å². The lowest BCUT2D eigenvalue weighted by molar-refractivity contribution is -0.131. The van der Waals surface area contributed by atoms with Crippen LogP contribution in [0.15, 0.2) is 35.2 Å². The van der Waals surface area contributed by atoms with Crippen LogP contribution in [0.5, 0.6) is 0 Å². The van der Waals surface area contributed by atoms with Crippen LogP contribution in [0.2, 0.25) is 0 Å². The van der Waals surface area contributed by atoms with Gasteiger partial charge in [0.2, 0.25) is 15.9 Å². The second-order valence-corrected chi connectivity index (χ2v) is 10.7. The fourth-order valence-electron chi connectivity index (χ4n) is 3.41. The molecule has 1 aliphatic heterocycles. The van der Waals surface area contributed by atoms with Gasteiger partial charge in [-0.3, -0.25) is 9.69 Å². The number of thiophene rings is 1. The number of likely N-dealkylation sites (N-methyl/N-ethyl adjacent to an activating group) is 1. The quantitative estimate of drug-likeness (QED) is 0.694. The van der Waals surface area contributed by atoms with Crippen molar-refractivity contribution in [3.63, 3.8) is 0 Å². The van der Waals surface area contributed by atoms with Gasteiger partial charge in [0.25, 0.3) is 0 Å². The molecule has 1 fully saturated rings. The molecule has 1 aromatic heterocycles. The molecular weight excluding hydrogens is 413 g/mol. The van der Waals surface area contributed by atoms with Gasteiger partial charge in [-0.25, -0.2) is 12.8 Å². The third kappa shape index (κ3) is 5.03. The van der Waals surface area contributed by atoms with Gasteiger partial charge < -0.3 is 4.90 Å². The molecule has 0 radical (unpaired) electrons. The molecule has 158 valence electrons. The third-order valence-electron chi connectivity index (χ3n) is 5.09. The first-order valence-corrected chi connectivity index (χ1v) is 11.7. The summed E-state index contributed by atoms with van der Waals surface area (Å²) in [4.78, 5) is 18.1. The van der Waals surface area contributed by atoms with Crippen molar-refractivity contribution in [3.8, 4) is 0 Å². The second-order valence-electron chi connectivity index (χ2n) is 7.30. The summed E-state index contributed by atoms with van der Waals surface area (Å²) in [7, 11) is -1.86. The summed E-state index contributed by atoms with van der Waals surface area (Å²) in [5.41, 5.74) is 0.473. The number of carbonyl (C=O) groups excluding carboxylic acids is 1. The summed E-state index contributed by atoms with van der Waals surface area (Å²) in [6.45, 7) is 5.79. The van der Waals surface area contributed by atoms with Crippen LogP contribution in [-0.4, -0.2) is 68.2 Å². The minimum absolute atomic E-state index is 0.117. The first kappa shape index (κ1) is 21.9. The minimum atomic E-state index is -3.51. The summed E-state index contributed by atoms with van der Waals surface area (Å²) in [5, 5.41) is 0. The Bertz CT molecular complexity index is 983. The van der Waals surface area contributed by atoms with Crippen molar-refractivity contribution < 1.29 is 17.6 Å². The zero-order valence-electron chi connectivity index (χ0n) is 16.9. The van der Waals surface area contributed by atoms with Crippen LogP contribution in [0.3, 0.4) is 0 Å². The molecule has 6 nitrogen and oxygen atoms in total. The fourth-order valence-corrected chi connectivity index (χ4v) is 6.36. The van der Waals surface area contributed by atoms with E-state index in [2.05, 4.69) is 0 Å². The van der Waals surface area contributed by atoms with Crippen LogP contribution < -0.4 is 0 Å². The van der Waals surface area contributed by atoms with Gasteiger partial charge in [0.15, 0.2) is 0 Å². The highest BCUT2D eigenvalue weighted by atomic mass is 32.2. The van der Waals surface area contributed by atoms with Gasteiger partial charge in [-0.2, -0.15) is 4.31 Å². The molecule has 0 N–H and O–H groups in total. The van der Waals surface area contributed by atoms with Crippen LogP contribution in [0.25, 0.3) is 0 Å². The molecule has 2 aromatic rings. The number of nitrogens with zero attached hydrogens (tertiary/aromatic N) is 3. The Labute approximate surface area is 175 Å². The van der Waals surface area contributed by atoms with E-state index in [0.29, 0.717) is 36.6 Å². The maximum atomic E-state index is 13.8. The van der Waals surface area contributed by atoms with Crippen LogP contribution in [0.4, 0.5) is 4.39 Å². The van der Waals surface area contributed by atoms with E-state index in [0.717, 1.165) is 9.75 Å². The van der Waals surface area contributed by atoms with Crippen molar-refractivity contribution >= 4 is 27.3 Å². The summed E-state index contributed by atoms with van der Waals surface area (Å²) in [6.07, 6.45) is 0. The standard InChI is InChI=1S/C20H26FN3O3S2/c1-15-12-19(16(2)28-15)29(26,27)24-10-8-23(9-11-24)14-20(25)22(3)13-17-6-4-5-7-18(17)21/h4-7,12H,8-11,13-14H2,1-3H3. The molecule has 0 atom stereocenters. The summed E-state index contributed by atoms with van der Waals surface area (Å²) in [5.74, 6) is -0.446. The highest BCUT2D eigenvalue weighted by Crippen LogP contribution is 2.28. The molecular formula is C20H26FN3O3S2. The van der Waals surface area contributed by atoms with Gasteiger partial charge in [0, 0.05) is 55.1 Å². The van der Waals surface area contributed by atoms with E-state index in [1.807, 2.05) is 18.7 Å². The number of rotatable bonds is 6. The maximum Gasteiger partial charge on any atom is 0.244 e. The van der Waals surface area contributed by atoms with Crippen LogP contribution in [-0.2, 0) is 21.4 Å². The lowest BCUT2D eigenvalue weighted by atomic mass is 10.2. The molecule has 0 unspecified atom stereocenters. The zero-order chi connectivity index (χ0) is 21.2. The molecule has 9 heteroatoms. The number of carbonyl (C=O) groups is 1. The number of aryl methyl sites for hydroxylation is 2. The number of piperazine rings is 1. The lowest BCUT2D eigenvalue weighted by Gasteiger charge is -2.34. The fraction of sp³-hybridized carbons (Fsp3) is 0.450. The predicted molar refractivity (Wildman–Crippen MR) is 112 cm³/mol. The van der Waals surface area contributed by atoms with E-state index in [1.54, 1.807) is 31.3 Å². The Kier molecular flexibility index (Phi) is 6.72. The summed E-state index contributed by atoms with van der Waals surface area (Å²) in [6, 6.07) is 8.13. The minimum Gasteiger partial charge on any atom is -0.340 e. The Hall–Kier alpha value is -1.81. The van der Waals surface area contributed by atoms with Gasteiger partial charge in [0.05, 0.1) is 11.4 Å². The normalized spacial score (nSPS) is 16.1. The van der Waals surface area contributed by atoms with Crippen molar-refractivity contribution in [2.45, 2.75) is 25.3 Å². The van der Waals surface area contributed by atoms with E-state index in [4.69, 9.17) is 0 Å². The van der Waals surface area contributed by atoms with Crippen molar-refractivity contribution in [2.75, 3.05) is 39.8 Å². The average molecular weight is 440 g/mol. The molecule has 0 bridgehead atoms. The van der Waals surface area contributed by atoms with Crippen molar-refractivity contribution in [2.24, 2.45) is 0 Å². The van der Waals surface area contributed by atoms with Crippen molar-refractivity contribution in [1.82, 2.24) is 14.1 Å². The van der Waals surface area contributed by atoms with E-state index < -0.39 is 10.0 Å². The Balaban J connectivity index is 1.55. The monoisotopic (exact) mass is 439 g/mol. The van der Waals surface area contributed by atoms with E-state index >= 15 is 0 Å². The molecule has 3 rings (SSSR count). The number of amides is 1. The van der Waals surface area contributed by atoms with Gasteiger partial charge in [-0.15, -0.1) is 11.3 Å². The smallest absolute Gasteiger partial charge is 0.244 e. The summed E-state index contributed by atoms with van der Waals surface area (Å²) >= 11 is 1.48. The van der Waals surface area contributed by atoms with Gasteiger partial charge in [0.1, 0.15) is 5.82 Å². The molecule has 1 aliphatic rings. The molecule has 1 amide bonds. The van der Waals surface area contributed by atoms with E-state index in [1.165, 1.54) is 26.6 Å². The van der Waals surface area contributed by atoms with Gasteiger partial charge >= 0.3 is 0 Å². The number of benzene rings is 1. The SMILES string of the molecule is Cc1cc(S(=O)(=O)N2CCN(CC(=O)N(C)Cc3ccccc3F)CC2)c(C)s1. The predicted octanol–water partition coefficient (Wildman–Crippen LogP) is 2.47. The number of halogens is 1. The largest absolute Gasteiger partial charge is 0.340 e. The summed E-state index contributed by atoms with van der Waals surface area (Å²) < 4.78 is 41.1. The highest BCUT2D eigenvalue weighted by molar-refractivity contribution is 7.89. The van der Waals surface area contributed by atoms with Gasteiger partial charge in [-0.1, -0.05) is 18.2 Å². The molecule has 1 aromatic carbocycles. The molecule has 1 saturated heterocycles. The average Bonchev–Trinajstić information content (AvgIpc) is 3.03. The van der Waals surface area contributed by atoms with Crippen molar-refractivity contribution in [1.29, 1.82) is 0 Å². The Morgan fingerprint density at radius 2 is 1.83 bits per heavy atom. The van der Waals surface area contributed by atoms with Crippen LogP contribution in [0.1, 0.15) is 15.3 Å². The third-order valence-corrected chi connectivity index (χ3v) is 8.21. The molecule has 0 saturated carbocycles.